The lowest BCUT2D eigenvalue weighted by Gasteiger charge is -2.21. The maximum Gasteiger partial charge on any atom is 0.257 e. The van der Waals surface area contributed by atoms with E-state index in [4.69, 9.17) is 9.47 Å². The van der Waals surface area contributed by atoms with Gasteiger partial charge in [0.15, 0.2) is 0 Å². The molecule has 1 aromatic rings. The van der Waals surface area contributed by atoms with Crippen LogP contribution in [0, 0.1) is 0 Å². The third-order valence-electron chi connectivity index (χ3n) is 2.87. The fourth-order valence-electron chi connectivity index (χ4n) is 1.80. The van der Waals surface area contributed by atoms with Gasteiger partial charge >= 0.3 is 0 Å². The number of hydrogen-bond donors (Lipinski definition) is 0. The molecule has 4 nitrogen and oxygen atoms in total. The predicted molar refractivity (Wildman–Crippen MR) is 79.5 cm³/mol. The quantitative estimate of drug-likeness (QED) is 0.722. The highest BCUT2D eigenvalue weighted by molar-refractivity contribution is 9.09. The minimum absolute atomic E-state index is 0.0112. The van der Waals surface area contributed by atoms with Gasteiger partial charge in [-0.2, -0.15) is 0 Å². The van der Waals surface area contributed by atoms with Crippen molar-refractivity contribution in [2.24, 2.45) is 0 Å². The van der Waals surface area contributed by atoms with Crippen molar-refractivity contribution in [2.75, 3.05) is 32.6 Å². The normalized spacial score (nSPS) is 10.1. The lowest BCUT2D eigenvalue weighted by atomic mass is 10.1. The third kappa shape index (κ3) is 4.13. The van der Waals surface area contributed by atoms with Gasteiger partial charge in [-0.15, -0.1) is 0 Å². The summed E-state index contributed by atoms with van der Waals surface area (Å²) in [5.74, 6) is 1.21. The van der Waals surface area contributed by atoms with Crippen LogP contribution in [0.1, 0.15) is 23.7 Å². The number of ether oxygens (including phenoxy) is 2. The van der Waals surface area contributed by atoms with Crippen LogP contribution in [0.4, 0.5) is 0 Å². The molecule has 0 heterocycles. The van der Waals surface area contributed by atoms with Crippen molar-refractivity contribution in [2.45, 2.75) is 13.3 Å². The Morgan fingerprint density at radius 1 is 1.32 bits per heavy atom. The first-order valence-corrected chi connectivity index (χ1v) is 7.37. The Kier molecular flexibility index (Phi) is 6.70. The van der Waals surface area contributed by atoms with Crippen molar-refractivity contribution in [1.82, 2.24) is 4.90 Å². The third-order valence-corrected chi connectivity index (χ3v) is 3.43. The highest BCUT2D eigenvalue weighted by Crippen LogP contribution is 2.25. The van der Waals surface area contributed by atoms with E-state index in [1.165, 1.54) is 0 Å². The molecule has 1 amide bonds. The molecule has 0 saturated carbocycles. The van der Waals surface area contributed by atoms with Crippen LogP contribution in [0.15, 0.2) is 18.2 Å². The number of amides is 1. The zero-order valence-electron chi connectivity index (χ0n) is 11.6. The van der Waals surface area contributed by atoms with Crippen LogP contribution in [-0.2, 0) is 0 Å². The molecular formula is C14H20BrNO3. The Hall–Kier alpha value is -1.23. The Balaban J connectivity index is 2.96. The summed E-state index contributed by atoms with van der Waals surface area (Å²) < 4.78 is 10.4. The van der Waals surface area contributed by atoms with Crippen molar-refractivity contribution in [3.63, 3.8) is 0 Å². The highest BCUT2D eigenvalue weighted by Gasteiger charge is 2.18. The second-order valence-electron chi connectivity index (χ2n) is 3.99. The van der Waals surface area contributed by atoms with Gasteiger partial charge in [-0.25, -0.2) is 0 Å². The number of alkyl halides is 1. The minimum atomic E-state index is -0.0112. The van der Waals surface area contributed by atoms with E-state index in [9.17, 15) is 4.79 Å². The van der Waals surface area contributed by atoms with Crippen molar-refractivity contribution < 1.29 is 14.3 Å². The van der Waals surface area contributed by atoms with Gasteiger partial charge in [0.2, 0.25) is 0 Å². The van der Waals surface area contributed by atoms with Crippen molar-refractivity contribution in [3.05, 3.63) is 23.8 Å². The first-order valence-electron chi connectivity index (χ1n) is 6.25. The van der Waals surface area contributed by atoms with Crippen molar-refractivity contribution >= 4 is 21.8 Å². The zero-order valence-corrected chi connectivity index (χ0v) is 13.2. The number of rotatable bonds is 7. The average molecular weight is 330 g/mol. The molecule has 0 radical (unpaired) electrons. The predicted octanol–water partition coefficient (Wildman–Crippen LogP) is 2.95. The lowest BCUT2D eigenvalue weighted by molar-refractivity contribution is 0.0761. The number of nitrogens with zero attached hydrogens (tertiary/aromatic N) is 1. The Morgan fingerprint density at radius 2 is 2.05 bits per heavy atom. The van der Waals surface area contributed by atoms with E-state index in [2.05, 4.69) is 15.9 Å². The molecule has 19 heavy (non-hydrogen) atoms. The van der Waals surface area contributed by atoms with E-state index in [-0.39, 0.29) is 5.91 Å². The van der Waals surface area contributed by atoms with E-state index in [0.717, 1.165) is 18.3 Å². The fraction of sp³-hybridized carbons (Fsp3) is 0.500. The molecule has 1 aromatic carbocycles. The first-order chi connectivity index (χ1) is 9.17. The Bertz CT molecular complexity index is 423. The largest absolute Gasteiger partial charge is 0.497 e. The second kappa shape index (κ2) is 8.04. The first kappa shape index (κ1) is 15.8. The van der Waals surface area contributed by atoms with Gasteiger partial charge in [0, 0.05) is 24.5 Å². The van der Waals surface area contributed by atoms with Gasteiger partial charge in [0.05, 0.1) is 19.8 Å². The minimum Gasteiger partial charge on any atom is -0.497 e. The number of carbonyl (C=O) groups excluding carboxylic acids is 1. The van der Waals surface area contributed by atoms with Crippen molar-refractivity contribution in [3.8, 4) is 11.5 Å². The van der Waals surface area contributed by atoms with Crippen molar-refractivity contribution in [1.29, 1.82) is 0 Å². The lowest BCUT2D eigenvalue weighted by Crippen LogP contribution is -2.32. The van der Waals surface area contributed by atoms with Gasteiger partial charge < -0.3 is 14.4 Å². The molecule has 0 aliphatic heterocycles. The molecule has 0 fully saturated rings. The molecule has 0 aliphatic carbocycles. The summed E-state index contributed by atoms with van der Waals surface area (Å²) >= 11 is 3.38. The summed E-state index contributed by atoms with van der Waals surface area (Å²) in [7, 11) is 3.14. The molecule has 106 valence electrons. The van der Waals surface area contributed by atoms with Gasteiger partial charge in [-0.1, -0.05) is 15.9 Å². The summed E-state index contributed by atoms with van der Waals surface area (Å²) in [4.78, 5) is 14.3. The molecule has 0 saturated heterocycles. The molecule has 0 spiro atoms. The van der Waals surface area contributed by atoms with Crippen LogP contribution < -0.4 is 9.47 Å². The number of halogens is 1. The number of carbonyl (C=O) groups is 1. The van der Waals surface area contributed by atoms with Gasteiger partial charge in [0.1, 0.15) is 11.5 Å². The molecule has 0 bridgehead atoms. The SMILES string of the molecule is CCN(CCCBr)C(=O)c1ccc(OC)cc1OC. The summed E-state index contributed by atoms with van der Waals surface area (Å²) in [5, 5.41) is 0.885. The molecule has 0 aliphatic rings. The average Bonchev–Trinajstić information content (AvgIpc) is 2.46. The van der Waals surface area contributed by atoms with Crippen LogP contribution >= 0.6 is 15.9 Å². The van der Waals surface area contributed by atoms with Crippen LogP contribution in [0.25, 0.3) is 0 Å². The fourth-order valence-corrected chi connectivity index (χ4v) is 2.05. The number of benzene rings is 1. The second-order valence-corrected chi connectivity index (χ2v) is 4.79. The Morgan fingerprint density at radius 3 is 2.58 bits per heavy atom. The van der Waals surface area contributed by atoms with E-state index >= 15 is 0 Å². The van der Waals surface area contributed by atoms with E-state index in [1.807, 2.05) is 11.8 Å². The van der Waals surface area contributed by atoms with E-state index in [1.54, 1.807) is 32.4 Å². The summed E-state index contributed by atoms with van der Waals surface area (Å²) in [6.45, 7) is 3.39. The highest BCUT2D eigenvalue weighted by atomic mass is 79.9. The molecule has 5 heteroatoms. The Labute approximate surface area is 122 Å². The number of hydrogen-bond acceptors (Lipinski definition) is 3. The van der Waals surface area contributed by atoms with Crippen LogP contribution in [-0.4, -0.2) is 43.4 Å². The van der Waals surface area contributed by atoms with Gasteiger partial charge in [-0.3, -0.25) is 4.79 Å². The topological polar surface area (TPSA) is 38.8 Å². The standard InChI is InChI=1S/C14H20BrNO3/c1-4-16(9-5-8-15)14(17)12-7-6-11(18-2)10-13(12)19-3/h6-7,10H,4-5,8-9H2,1-3H3. The smallest absolute Gasteiger partial charge is 0.257 e. The van der Waals surface area contributed by atoms with E-state index < -0.39 is 0 Å². The van der Waals surface area contributed by atoms with Gasteiger partial charge in [-0.05, 0) is 25.5 Å². The zero-order chi connectivity index (χ0) is 14.3. The molecule has 0 aromatic heterocycles. The molecule has 0 N–H and O–H groups in total. The van der Waals surface area contributed by atoms with Crippen LogP contribution in [0.2, 0.25) is 0 Å². The molecule has 1 rings (SSSR count). The maximum absolute atomic E-state index is 12.5. The molecular weight excluding hydrogens is 310 g/mol. The van der Waals surface area contributed by atoms with Crippen LogP contribution in [0.3, 0.4) is 0 Å². The maximum atomic E-state index is 12.5. The summed E-state index contributed by atoms with van der Waals surface area (Å²) in [6, 6.07) is 5.25. The molecule has 0 atom stereocenters. The van der Waals surface area contributed by atoms with Crippen LogP contribution in [0.5, 0.6) is 11.5 Å². The monoisotopic (exact) mass is 329 g/mol. The summed E-state index contributed by atoms with van der Waals surface area (Å²) in [6.07, 6.45) is 0.929. The molecule has 0 unspecified atom stereocenters. The van der Waals surface area contributed by atoms with Gasteiger partial charge in [0.25, 0.3) is 5.91 Å². The van der Waals surface area contributed by atoms with E-state index in [0.29, 0.717) is 23.6 Å². The number of methoxy groups -OCH3 is 2. The summed E-state index contributed by atoms with van der Waals surface area (Å²) in [5.41, 5.74) is 0.569.